The number of nitrogens with zero attached hydrogens (tertiary/aromatic N) is 3. The van der Waals surface area contributed by atoms with E-state index in [2.05, 4.69) is 32.7 Å². The van der Waals surface area contributed by atoms with Crippen LogP contribution >= 0.6 is 11.8 Å². The van der Waals surface area contributed by atoms with Crippen LogP contribution < -0.4 is 4.90 Å². The van der Waals surface area contributed by atoms with Crippen molar-refractivity contribution in [1.82, 2.24) is 9.97 Å². The Morgan fingerprint density at radius 1 is 1.05 bits per heavy atom. The van der Waals surface area contributed by atoms with Gasteiger partial charge in [-0.05, 0) is 37.7 Å². The summed E-state index contributed by atoms with van der Waals surface area (Å²) in [7, 11) is 0. The van der Waals surface area contributed by atoms with Crippen molar-refractivity contribution in [3.63, 3.8) is 0 Å². The quantitative estimate of drug-likeness (QED) is 0.832. The minimum atomic E-state index is 0.732. The summed E-state index contributed by atoms with van der Waals surface area (Å²) in [5.74, 6) is 0.914. The van der Waals surface area contributed by atoms with Crippen LogP contribution in [0.2, 0.25) is 0 Å². The van der Waals surface area contributed by atoms with Crippen LogP contribution in [0.3, 0.4) is 0 Å². The molecule has 2 fully saturated rings. The molecule has 2 saturated heterocycles. The van der Waals surface area contributed by atoms with Gasteiger partial charge in [0.1, 0.15) is 0 Å². The third-order valence-electron chi connectivity index (χ3n) is 4.61. The molecule has 3 aliphatic heterocycles. The molecule has 1 aromatic rings. The van der Waals surface area contributed by atoms with Gasteiger partial charge in [0, 0.05) is 41.5 Å². The van der Waals surface area contributed by atoms with Gasteiger partial charge in [0.15, 0.2) is 0 Å². The van der Waals surface area contributed by atoms with Crippen LogP contribution in [-0.4, -0.2) is 33.6 Å². The molecule has 106 valence electrons. The van der Waals surface area contributed by atoms with Gasteiger partial charge in [-0.3, -0.25) is 0 Å². The van der Waals surface area contributed by atoms with Crippen LogP contribution in [-0.2, 0) is 0 Å². The highest BCUT2D eigenvalue weighted by Crippen LogP contribution is 2.43. The molecule has 20 heavy (non-hydrogen) atoms. The molecule has 2 atom stereocenters. The first kappa shape index (κ1) is 12.7. The van der Waals surface area contributed by atoms with Gasteiger partial charge >= 0.3 is 0 Å². The summed E-state index contributed by atoms with van der Waals surface area (Å²) < 4.78 is 0. The molecular weight excluding hydrogens is 266 g/mol. The maximum Gasteiger partial charge on any atom is 0.225 e. The molecular formula is C16H21N3S. The van der Waals surface area contributed by atoms with Crippen molar-refractivity contribution in [1.29, 1.82) is 0 Å². The van der Waals surface area contributed by atoms with Gasteiger partial charge in [0.2, 0.25) is 5.95 Å². The summed E-state index contributed by atoms with van der Waals surface area (Å²) in [6, 6.07) is 0. The molecule has 0 saturated carbocycles. The predicted octanol–water partition coefficient (Wildman–Crippen LogP) is 3.52. The Kier molecular flexibility index (Phi) is 3.42. The van der Waals surface area contributed by atoms with Gasteiger partial charge in [0.25, 0.3) is 0 Å². The number of aromatic nitrogens is 2. The molecule has 4 heterocycles. The molecule has 0 aliphatic carbocycles. The summed E-state index contributed by atoms with van der Waals surface area (Å²) in [4.78, 5) is 11.5. The second-order valence-corrected chi connectivity index (χ2v) is 7.63. The SMILES string of the molecule is C1=C(c2cnc(N3CCCC3)nc2)CC2CCCC1S2. The standard InChI is InChI=1S/C16H21N3S/c1-2-7-19(6-1)16-17-10-13(11-18-16)12-8-14-4-3-5-15(9-12)20-14/h8,10-11,14-15H,1-7,9H2. The second-order valence-electron chi connectivity index (χ2n) is 6.09. The maximum absolute atomic E-state index is 4.60. The fourth-order valence-electron chi connectivity index (χ4n) is 3.52. The lowest BCUT2D eigenvalue weighted by Crippen LogP contribution is -2.22. The molecule has 0 spiro atoms. The Balaban J connectivity index is 1.55. The van der Waals surface area contributed by atoms with Gasteiger partial charge in [-0.2, -0.15) is 11.8 Å². The predicted molar refractivity (Wildman–Crippen MR) is 85.1 cm³/mol. The third-order valence-corrected chi connectivity index (χ3v) is 6.12. The molecule has 0 N–H and O–H groups in total. The maximum atomic E-state index is 4.60. The molecule has 4 rings (SSSR count). The number of fused-ring (bicyclic) bond motifs is 2. The molecule has 2 bridgehead atoms. The smallest absolute Gasteiger partial charge is 0.225 e. The summed E-state index contributed by atoms with van der Waals surface area (Å²) in [6.45, 7) is 2.23. The molecule has 3 aliphatic rings. The summed E-state index contributed by atoms with van der Waals surface area (Å²) in [6.07, 6.45) is 14.4. The van der Waals surface area contributed by atoms with E-state index in [0.29, 0.717) is 0 Å². The van der Waals surface area contributed by atoms with E-state index >= 15 is 0 Å². The highest BCUT2D eigenvalue weighted by atomic mass is 32.2. The third kappa shape index (κ3) is 2.46. The normalized spacial score (nSPS) is 29.4. The van der Waals surface area contributed by atoms with Crippen molar-refractivity contribution in [3.05, 3.63) is 24.0 Å². The number of allylic oxidation sites excluding steroid dienone is 1. The van der Waals surface area contributed by atoms with Crippen LogP contribution in [0.4, 0.5) is 5.95 Å². The van der Waals surface area contributed by atoms with Crippen molar-refractivity contribution < 1.29 is 0 Å². The highest BCUT2D eigenvalue weighted by molar-refractivity contribution is 8.00. The number of hydrogen-bond acceptors (Lipinski definition) is 4. The van der Waals surface area contributed by atoms with E-state index in [4.69, 9.17) is 0 Å². The average molecular weight is 287 g/mol. The zero-order valence-electron chi connectivity index (χ0n) is 11.8. The molecule has 3 nitrogen and oxygen atoms in total. The minimum Gasteiger partial charge on any atom is -0.341 e. The van der Waals surface area contributed by atoms with Crippen LogP contribution in [0, 0.1) is 0 Å². The first-order valence-corrected chi connectivity index (χ1v) is 8.76. The molecule has 0 radical (unpaired) electrons. The summed E-state index contributed by atoms with van der Waals surface area (Å²) in [5, 5.41) is 1.56. The number of rotatable bonds is 2. The Morgan fingerprint density at radius 3 is 2.60 bits per heavy atom. The zero-order valence-corrected chi connectivity index (χ0v) is 12.6. The van der Waals surface area contributed by atoms with Crippen LogP contribution in [0.5, 0.6) is 0 Å². The fraction of sp³-hybridized carbons (Fsp3) is 0.625. The molecule has 0 amide bonds. The number of hydrogen-bond donors (Lipinski definition) is 0. The van der Waals surface area contributed by atoms with E-state index in [-0.39, 0.29) is 0 Å². The van der Waals surface area contributed by atoms with Gasteiger partial charge in [-0.15, -0.1) is 0 Å². The van der Waals surface area contributed by atoms with Crippen molar-refractivity contribution in [2.75, 3.05) is 18.0 Å². The largest absolute Gasteiger partial charge is 0.341 e. The molecule has 2 unspecified atom stereocenters. The van der Waals surface area contributed by atoms with Gasteiger partial charge in [-0.1, -0.05) is 12.5 Å². The van der Waals surface area contributed by atoms with E-state index in [0.717, 1.165) is 29.5 Å². The van der Waals surface area contributed by atoms with Gasteiger partial charge < -0.3 is 4.90 Å². The van der Waals surface area contributed by atoms with E-state index in [9.17, 15) is 0 Å². The first-order chi connectivity index (χ1) is 9.88. The lowest BCUT2D eigenvalue weighted by molar-refractivity contribution is 0.629. The van der Waals surface area contributed by atoms with E-state index < -0.39 is 0 Å². The Hall–Kier alpha value is -1.03. The van der Waals surface area contributed by atoms with Gasteiger partial charge in [-0.25, -0.2) is 9.97 Å². The average Bonchev–Trinajstić information content (AvgIpc) is 3.01. The van der Waals surface area contributed by atoms with E-state index in [1.54, 1.807) is 0 Å². The lowest BCUT2D eigenvalue weighted by atomic mass is 9.95. The zero-order chi connectivity index (χ0) is 13.4. The molecule has 0 aromatic carbocycles. The van der Waals surface area contributed by atoms with Gasteiger partial charge in [0.05, 0.1) is 0 Å². The van der Waals surface area contributed by atoms with Crippen LogP contribution in [0.15, 0.2) is 18.5 Å². The monoisotopic (exact) mass is 287 g/mol. The van der Waals surface area contributed by atoms with E-state index in [1.807, 2.05) is 12.4 Å². The Labute approximate surface area is 124 Å². The summed E-state index contributed by atoms with van der Waals surface area (Å²) >= 11 is 2.17. The fourth-order valence-corrected chi connectivity index (χ4v) is 5.14. The van der Waals surface area contributed by atoms with Crippen LogP contribution in [0.1, 0.15) is 44.1 Å². The van der Waals surface area contributed by atoms with Crippen LogP contribution in [0.25, 0.3) is 5.57 Å². The molecule has 1 aromatic heterocycles. The van der Waals surface area contributed by atoms with Crippen molar-refractivity contribution in [2.24, 2.45) is 0 Å². The van der Waals surface area contributed by atoms with Crippen molar-refractivity contribution in [2.45, 2.75) is 49.0 Å². The first-order valence-electron chi connectivity index (χ1n) is 7.82. The minimum absolute atomic E-state index is 0.732. The van der Waals surface area contributed by atoms with Crippen molar-refractivity contribution >= 4 is 23.3 Å². The second kappa shape index (κ2) is 5.40. The van der Waals surface area contributed by atoms with Crippen molar-refractivity contribution in [3.8, 4) is 0 Å². The highest BCUT2D eigenvalue weighted by Gasteiger charge is 2.27. The lowest BCUT2D eigenvalue weighted by Gasteiger charge is -2.33. The summed E-state index contributed by atoms with van der Waals surface area (Å²) in [5.41, 5.74) is 2.72. The number of anilines is 1. The van der Waals surface area contributed by atoms with E-state index in [1.165, 1.54) is 49.7 Å². The Morgan fingerprint density at radius 2 is 1.85 bits per heavy atom. The number of thioether (sulfide) groups is 1. The topological polar surface area (TPSA) is 29.0 Å². The Bertz CT molecular complexity index is 505. The molecule has 4 heteroatoms.